The second-order valence-corrected chi connectivity index (χ2v) is 9.22. The number of ether oxygens (including phenoxy) is 1. The maximum absolute atomic E-state index is 12.7. The molecule has 3 N–H and O–H groups in total. The summed E-state index contributed by atoms with van der Waals surface area (Å²) >= 11 is 5.90. The Balaban J connectivity index is 1.52. The average molecular weight is 459 g/mol. The van der Waals surface area contributed by atoms with Crippen molar-refractivity contribution in [3.63, 3.8) is 0 Å². The van der Waals surface area contributed by atoms with Crippen molar-refractivity contribution in [3.05, 3.63) is 77.3 Å². The maximum atomic E-state index is 12.7. The second kappa shape index (κ2) is 8.49. The van der Waals surface area contributed by atoms with E-state index in [2.05, 4.69) is 10.0 Å². The van der Waals surface area contributed by atoms with Crippen LogP contribution in [-0.2, 0) is 21.2 Å². The van der Waals surface area contributed by atoms with Crippen LogP contribution in [0.3, 0.4) is 0 Å². The fourth-order valence-electron chi connectivity index (χ4n) is 3.28. The first kappa shape index (κ1) is 21.0. The largest absolute Gasteiger partial charge is 0.506 e. The molecule has 1 heterocycles. The van der Waals surface area contributed by atoms with E-state index < -0.39 is 15.9 Å². The van der Waals surface area contributed by atoms with Crippen molar-refractivity contribution in [1.29, 1.82) is 0 Å². The Bertz CT molecular complexity index is 1250. The summed E-state index contributed by atoms with van der Waals surface area (Å²) in [6.07, 6.45) is 0.483. The number of hydrogen-bond acceptors (Lipinski definition) is 5. The van der Waals surface area contributed by atoms with E-state index in [0.717, 1.165) is 11.3 Å². The summed E-state index contributed by atoms with van der Waals surface area (Å²) in [6, 6.07) is 17.4. The molecule has 1 aliphatic heterocycles. The number of sulfonamides is 1. The molecule has 0 radical (unpaired) electrons. The Morgan fingerprint density at radius 3 is 2.68 bits per heavy atom. The van der Waals surface area contributed by atoms with Crippen molar-refractivity contribution in [2.24, 2.45) is 5.92 Å². The summed E-state index contributed by atoms with van der Waals surface area (Å²) in [5.41, 5.74) is 1.21. The van der Waals surface area contributed by atoms with Crippen molar-refractivity contribution in [2.45, 2.75) is 11.3 Å². The number of phenols is 1. The highest BCUT2D eigenvalue weighted by Crippen LogP contribution is 2.31. The van der Waals surface area contributed by atoms with E-state index in [4.69, 9.17) is 16.3 Å². The third kappa shape index (κ3) is 4.76. The van der Waals surface area contributed by atoms with E-state index in [9.17, 15) is 18.3 Å². The van der Waals surface area contributed by atoms with Crippen molar-refractivity contribution >= 4 is 38.9 Å². The summed E-state index contributed by atoms with van der Waals surface area (Å²) in [6.45, 7) is 0.192. The highest BCUT2D eigenvalue weighted by atomic mass is 35.5. The standard InChI is InChI=1S/C22H19ClN2O5S/c23-16-5-3-6-17(11-16)25-31(28,29)18-8-9-20(26)19(12-18)24-22(27)15-10-14-4-1-2-7-21(14)30-13-15/h1-9,11-12,15,25-26H,10,13H2,(H,24,27). The van der Waals surface area contributed by atoms with Gasteiger partial charge in [-0.15, -0.1) is 0 Å². The topological polar surface area (TPSA) is 105 Å². The molecule has 0 bridgehead atoms. The van der Waals surface area contributed by atoms with Gasteiger partial charge in [0.05, 0.1) is 22.2 Å². The third-order valence-corrected chi connectivity index (χ3v) is 6.48. The first-order valence-corrected chi connectivity index (χ1v) is 11.3. The predicted molar refractivity (Wildman–Crippen MR) is 118 cm³/mol. The molecule has 0 spiro atoms. The summed E-state index contributed by atoms with van der Waals surface area (Å²) in [5.74, 6) is -0.344. The number of rotatable bonds is 5. The number of halogens is 1. The summed E-state index contributed by atoms with van der Waals surface area (Å²) in [4.78, 5) is 12.6. The molecular formula is C22H19ClN2O5S. The van der Waals surface area contributed by atoms with Gasteiger partial charge in [0.1, 0.15) is 18.1 Å². The monoisotopic (exact) mass is 458 g/mol. The van der Waals surface area contributed by atoms with Crippen LogP contribution in [0.25, 0.3) is 0 Å². The Kier molecular flexibility index (Phi) is 5.75. The normalized spacial score (nSPS) is 15.5. The summed E-state index contributed by atoms with van der Waals surface area (Å²) < 4.78 is 33.5. The van der Waals surface area contributed by atoms with Gasteiger partial charge in [-0.25, -0.2) is 8.42 Å². The van der Waals surface area contributed by atoms with Crippen LogP contribution in [0.15, 0.2) is 71.6 Å². The van der Waals surface area contributed by atoms with Crippen molar-refractivity contribution in [1.82, 2.24) is 0 Å². The molecule has 31 heavy (non-hydrogen) atoms. The minimum absolute atomic E-state index is 0.00201. The van der Waals surface area contributed by atoms with Crippen LogP contribution >= 0.6 is 11.6 Å². The molecule has 3 aromatic carbocycles. The lowest BCUT2D eigenvalue weighted by Gasteiger charge is -2.24. The molecule has 0 aromatic heterocycles. The number of anilines is 2. The SMILES string of the molecule is O=C(Nc1cc(S(=O)(=O)Nc2cccc(Cl)c2)ccc1O)C1COc2ccccc2C1. The highest BCUT2D eigenvalue weighted by Gasteiger charge is 2.27. The predicted octanol–water partition coefficient (Wildman–Crippen LogP) is 4.04. The van der Waals surface area contributed by atoms with Gasteiger partial charge in [0.25, 0.3) is 10.0 Å². The smallest absolute Gasteiger partial charge is 0.261 e. The minimum atomic E-state index is -3.97. The van der Waals surface area contributed by atoms with Crippen molar-refractivity contribution < 1.29 is 23.1 Å². The molecule has 7 nitrogen and oxygen atoms in total. The van der Waals surface area contributed by atoms with E-state index in [0.29, 0.717) is 17.1 Å². The zero-order valence-corrected chi connectivity index (χ0v) is 17.8. The van der Waals surface area contributed by atoms with Gasteiger partial charge in [-0.2, -0.15) is 0 Å². The molecular weight excluding hydrogens is 440 g/mol. The number of para-hydroxylation sites is 1. The van der Waals surface area contributed by atoms with E-state index in [1.807, 2.05) is 24.3 Å². The molecule has 4 rings (SSSR count). The third-order valence-electron chi connectivity index (χ3n) is 4.86. The number of phenolic OH excluding ortho intramolecular Hbond substituents is 1. The highest BCUT2D eigenvalue weighted by molar-refractivity contribution is 7.92. The lowest BCUT2D eigenvalue weighted by atomic mass is 9.96. The van der Waals surface area contributed by atoms with E-state index in [1.54, 1.807) is 18.2 Å². The lowest BCUT2D eigenvalue weighted by molar-refractivity contribution is -0.121. The Morgan fingerprint density at radius 2 is 1.87 bits per heavy atom. The molecule has 0 aliphatic carbocycles. The van der Waals surface area contributed by atoms with Gasteiger partial charge in [-0.05, 0) is 54.4 Å². The lowest BCUT2D eigenvalue weighted by Crippen LogP contribution is -2.32. The molecule has 9 heteroatoms. The summed E-state index contributed by atoms with van der Waals surface area (Å²) in [7, 11) is -3.97. The van der Waals surface area contributed by atoms with Gasteiger partial charge < -0.3 is 15.2 Å². The van der Waals surface area contributed by atoms with E-state index in [1.165, 1.54) is 24.3 Å². The average Bonchev–Trinajstić information content (AvgIpc) is 2.74. The number of hydrogen-bond donors (Lipinski definition) is 3. The van der Waals surface area contributed by atoms with Crippen LogP contribution in [0.4, 0.5) is 11.4 Å². The van der Waals surface area contributed by atoms with Gasteiger partial charge >= 0.3 is 0 Å². The molecule has 1 aliphatic rings. The van der Waals surface area contributed by atoms with Crippen LogP contribution in [0, 0.1) is 5.92 Å². The zero-order chi connectivity index (χ0) is 22.0. The number of carbonyl (C=O) groups excluding carboxylic acids is 1. The number of benzene rings is 3. The number of aromatic hydroxyl groups is 1. The Hall–Kier alpha value is -3.23. The number of carbonyl (C=O) groups is 1. The summed E-state index contributed by atoms with van der Waals surface area (Å²) in [5, 5.41) is 13.2. The van der Waals surface area contributed by atoms with Crippen LogP contribution < -0.4 is 14.8 Å². The molecule has 0 saturated heterocycles. The van der Waals surface area contributed by atoms with Crippen molar-refractivity contribution in [3.8, 4) is 11.5 Å². The fraction of sp³-hybridized carbons (Fsp3) is 0.136. The minimum Gasteiger partial charge on any atom is -0.506 e. The number of fused-ring (bicyclic) bond motifs is 1. The van der Waals surface area contributed by atoms with E-state index in [-0.39, 0.29) is 28.8 Å². The molecule has 0 fully saturated rings. The molecule has 1 atom stereocenters. The number of nitrogens with one attached hydrogen (secondary N) is 2. The van der Waals surface area contributed by atoms with E-state index >= 15 is 0 Å². The van der Waals surface area contributed by atoms with Crippen LogP contribution in [0.5, 0.6) is 11.5 Å². The van der Waals surface area contributed by atoms with Gasteiger partial charge in [-0.1, -0.05) is 35.9 Å². The van der Waals surface area contributed by atoms with Gasteiger partial charge in [0, 0.05) is 5.02 Å². The first-order chi connectivity index (χ1) is 14.8. The Labute approximate surface area is 184 Å². The molecule has 1 unspecified atom stereocenters. The fourth-order valence-corrected chi connectivity index (χ4v) is 4.55. The quantitative estimate of drug-likeness (QED) is 0.500. The molecule has 3 aromatic rings. The maximum Gasteiger partial charge on any atom is 0.261 e. The van der Waals surface area contributed by atoms with Gasteiger partial charge in [0.15, 0.2) is 0 Å². The van der Waals surface area contributed by atoms with Crippen molar-refractivity contribution in [2.75, 3.05) is 16.6 Å². The van der Waals surface area contributed by atoms with Crippen LogP contribution in [0.1, 0.15) is 5.56 Å². The zero-order valence-electron chi connectivity index (χ0n) is 16.2. The molecule has 1 amide bonds. The number of amides is 1. The second-order valence-electron chi connectivity index (χ2n) is 7.10. The van der Waals surface area contributed by atoms with Gasteiger partial charge in [0.2, 0.25) is 5.91 Å². The Morgan fingerprint density at radius 1 is 1.06 bits per heavy atom. The van der Waals surface area contributed by atoms with Gasteiger partial charge in [-0.3, -0.25) is 9.52 Å². The van der Waals surface area contributed by atoms with Crippen LogP contribution in [-0.4, -0.2) is 26.0 Å². The first-order valence-electron chi connectivity index (χ1n) is 9.45. The van der Waals surface area contributed by atoms with Crippen LogP contribution in [0.2, 0.25) is 5.02 Å². The molecule has 160 valence electrons. The molecule has 0 saturated carbocycles.